The average molecular weight is 306 g/mol. The third-order valence-corrected chi connectivity index (χ3v) is 5.25. The summed E-state index contributed by atoms with van der Waals surface area (Å²) in [6.45, 7) is 3.39. The average Bonchev–Trinajstić information content (AvgIpc) is 2.68. The zero-order valence-corrected chi connectivity index (χ0v) is 14.0. The van der Waals surface area contributed by atoms with E-state index in [9.17, 15) is 0 Å². The Balaban J connectivity index is 1.81. The van der Waals surface area contributed by atoms with Crippen molar-refractivity contribution < 1.29 is 0 Å². The van der Waals surface area contributed by atoms with Gasteiger partial charge in [-0.25, -0.2) is 4.98 Å². The van der Waals surface area contributed by atoms with Crippen LogP contribution in [0.25, 0.3) is 0 Å². The number of hydrogen-bond acceptors (Lipinski definition) is 4. The van der Waals surface area contributed by atoms with Crippen LogP contribution in [0.1, 0.15) is 36.3 Å². The maximum Gasteiger partial charge on any atom is 0.133 e. The summed E-state index contributed by atoms with van der Waals surface area (Å²) in [5, 5.41) is 0. The van der Waals surface area contributed by atoms with Crippen LogP contribution in [-0.2, 0) is 19.3 Å². The van der Waals surface area contributed by atoms with Gasteiger partial charge in [-0.2, -0.15) is 0 Å². The molecule has 1 aliphatic heterocycles. The minimum Gasteiger partial charge on any atom is -0.347 e. The maximum atomic E-state index is 5.55. The molecule has 1 atom stereocenters. The number of aromatic amines is 1. The monoisotopic (exact) mass is 306 g/mol. The number of aryl methyl sites for hydroxylation is 1. The summed E-state index contributed by atoms with van der Waals surface area (Å²) in [5.41, 5.74) is 2.66. The third-order valence-electron chi connectivity index (χ3n) is 4.92. The molecule has 5 heteroatoms. The first-order chi connectivity index (χ1) is 10.1. The van der Waals surface area contributed by atoms with Gasteiger partial charge in [-0.05, 0) is 39.8 Å². The fourth-order valence-corrected chi connectivity index (χ4v) is 3.83. The lowest BCUT2D eigenvalue weighted by Gasteiger charge is -2.37. The van der Waals surface area contributed by atoms with Gasteiger partial charge in [-0.1, -0.05) is 18.6 Å². The number of rotatable bonds is 2. The highest BCUT2D eigenvalue weighted by atomic mass is 32.1. The number of piperazine rings is 1. The second-order valence-electron chi connectivity index (χ2n) is 6.61. The molecule has 1 unspecified atom stereocenters. The SMILES string of the molecule is CN1CCN(C)C(Cc2nc(=S)c3c([nH]2)CCCCC3)C1. The molecular formula is C16H26N4S. The van der Waals surface area contributed by atoms with E-state index in [1.54, 1.807) is 0 Å². The molecule has 4 nitrogen and oxygen atoms in total. The molecule has 116 valence electrons. The normalized spacial score (nSPS) is 24.6. The van der Waals surface area contributed by atoms with Crippen LogP contribution in [-0.4, -0.2) is 59.5 Å². The Morgan fingerprint density at radius 1 is 1.19 bits per heavy atom. The van der Waals surface area contributed by atoms with E-state index < -0.39 is 0 Å². The molecule has 0 amide bonds. The summed E-state index contributed by atoms with van der Waals surface area (Å²) in [6.07, 6.45) is 7.04. The van der Waals surface area contributed by atoms with Crippen LogP contribution >= 0.6 is 12.2 Å². The zero-order valence-electron chi connectivity index (χ0n) is 13.2. The molecule has 0 spiro atoms. The van der Waals surface area contributed by atoms with E-state index in [4.69, 9.17) is 17.2 Å². The summed E-state index contributed by atoms with van der Waals surface area (Å²) in [5.74, 6) is 1.08. The molecule has 0 radical (unpaired) electrons. The van der Waals surface area contributed by atoms with Gasteiger partial charge in [0.05, 0.1) is 0 Å². The van der Waals surface area contributed by atoms with E-state index in [1.807, 2.05) is 0 Å². The molecule has 0 aromatic carbocycles. The van der Waals surface area contributed by atoms with Gasteiger partial charge >= 0.3 is 0 Å². The Bertz CT molecular complexity index is 554. The van der Waals surface area contributed by atoms with Gasteiger partial charge in [0.2, 0.25) is 0 Å². The molecule has 21 heavy (non-hydrogen) atoms. The standard InChI is InChI=1S/C16H26N4S/c1-19-8-9-20(2)12(11-19)10-15-17-14-7-5-3-4-6-13(14)16(21)18-15/h12H,3-11H2,1-2H3,(H,17,18,21). The van der Waals surface area contributed by atoms with Crippen LogP contribution in [0, 0.1) is 4.64 Å². The number of H-pyrrole nitrogens is 1. The molecule has 1 aromatic rings. The smallest absolute Gasteiger partial charge is 0.133 e. The van der Waals surface area contributed by atoms with Crippen molar-refractivity contribution in [3.8, 4) is 0 Å². The summed E-state index contributed by atoms with van der Waals surface area (Å²) >= 11 is 5.55. The van der Waals surface area contributed by atoms with Crippen molar-refractivity contribution in [2.45, 2.75) is 44.6 Å². The fourth-order valence-electron chi connectivity index (χ4n) is 3.49. The minimum atomic E-state index is 0.533. The summed E-state index contributed by atoms with van der Waals surface area (Å²) in [7, 11) is 4.42. The molecule has 3 rings (SSSR count). The number of nitrogens with one attached hydrogen (secondary N) is 1. The van der Waals surface area contributed by atoms with Crippen molar-refractivity contribution >= 4 is 12.2 Å². The fraction of sp³-hybridized carbons (Fsp3) is 0.750. The number of fused-ring (bicyclic) bond motifs is 1. The van der Waals surface area contributed by atoms with Gasteiger partial charge in [0.15, 0.2) is 0 Å². The van der Waals surface area contributed by atoms with E-state index in [0.717, 1.165) is 49.4 Å². The number of nitrogens with zero attached hydrogens (tertiary/aromatic N) is 3. The molecule has 0 saturated carbocycles. The molecule has 2 heterocycles. The summed E-state index contributed by atoms with van der Waals surface area (Å²) in [6, 6.07) is 0.533. The lowest BCUT2D eigenvalue weighted by Crippen LogP contribution is -2.51. The molecule has 1 aromatic heterocycles. The van der Waals surface area contributed by atoms with Crippen molar-refractivity contribution in [3.63, 3.8) is 0 Å². The number of aromatic nitrogens is 2. The van der Waals surface area contributed by atoms with Gasteiger partial charge in [0.25, 0.3) is 0 Å². The van der Waals surface area contributed by atoms with E-state index >= 15 is 0 Å². The van der Waals surface area contributed by atoms with Gasteiger partial charge in [-0.3, -0.25) is 0 Å². The highest BCUT2D eigenvalue weighted by Gasteiger charge is 2.23. The maximum absolute atomic E-state index is 5.55. The second-order valence-corrected chi connectivity index (χ2v) is 6.99. The van der Waals surface area contributed by atoms with Crippen LogP contribution in [0.4, 0.5) is 0 Å². The van der Waals surface area contributed by atoms with E-state index in [-0.39, 0.29) is 0 Å². The number of hydrogen-bond donors (Lipinski definition) is 1. The highest BCUT2D eigenvalue weighted by Crippen LogP contribution is 2.20. The van der Waals surface area contributed by atoms with Crippen molar-refractivity contribution in [1.29, 1.82) is 0 Å². The first kappa shape index (κ1) is 15.1. The predicted molar refractivity (Wildman–Crippen MR) is 88.3 cm³/mol. The Labute approximate surface area is 132 Å². The third kappa shape index (κ3) is 3.52. The number of likely N-dealkylation sites (N-methyl/N-ethyl adjacent to an activating group) is 2. The van der Waals surface area contributed by atoms with Crippen LogP contribution in [0.5, 0.6) is 0 Å². The molecule has 1 N–H and O–H groups in total. The first-order valence-corrected chi connectivity index (χ1v) is 8.54. The lowest BCUT2D eigenvalue weighted by atomic mass is 10.1. The van der Waals surface area contributed by atoms with Gasteiger partial charge in [0.1, 0.15) is 10.5 Å². The largest absolute Gasteiger partial charge is 0.347 e. The van der Waals surface area contributed by atoms with Crippen LogP contribution in [0.3, 0.4) is 0 Å². The Hall–Kier alpha value is -0.780. The van der Waals surface area contributed by atoms with Gasteiger partial charge in [0, 0.05) is 43.4 Å². The summed E-state index contributed by atoms with van der Waals surface area (Å²) < 4.78 is 0.840. The molecular weight excluding hydrogens is 280 g/mol. The Morgan fingerprint density at radius 3 is 2.86 bits per heavy atom. The van der Waals surface area contributed by atoms with Crippen LogP contribution in [0.15, 0.2) is 0 Å². The second kappa shape index (κ2) is 6.55. The quantitative estimate of drug-likeness (QED) is 0.671. The van der Waals surface area contributed by atoms with Crippen molar-refractivity contribution in [2.24, 2.45) is 0 Å². The molecule has 2 aliphatic rings. The minimum absolute atomic E-state index is 0.533. The van der Waals surface area contributed by atoms with Crippen molar-refractivity contribution in [1.82, 2.24) is 19.8 Å². The van der Waals surface area contributed by atoms with Gasteiger partial charge in [-0.15, -0.1) is 0 Å². The Morgan fingerprint density at radius 2 is 2.00 bits per heavy atom. The Kier molecular flexibility index (Phi) is 4.72. The van der Waals surface area contributed by atoms with E-state index in [0.29, 0.717) is 6.04 Å². The van der Waals surface area contributed by atoms with Crippen LogP contribution in [0.2, 0.25) is 0 Å². The molecule has 1 aliphatic carbocycles. The molecule has 1 saturated heterocycles. The lowest BCUT2D eigenvalue weighted by molar-refractivity contribution is 0.113. The van der Waals surface area contributed by atoms with Crippen LogP contribution < -0.4 is 0 Å². The highest BCUT2D eigenvalue weighted by molar-refractivity contribution is 7.71. The molecule has 1 fully saturated rings. The van der Waals surface area contributed by atoms with E-state index in [2.05, 4.69) is 28.9 Å². The topological polar surface area (TPSA) is 35.2 Å². The first-order valence-electron chi connectivity index (χ1n) is 8.13. The molecule has 0 bridgehead atoms. The van der Waals surface area contributed by atoms with Crippen molar-refractivity contribution in [3.05, 3.63) is 21.7 Å². The predicted octanol–water partition coefficient (Wildman–Crippen LogP) is 2.20. The zero-order chi connectivity index (χ0) is 14.8. The van der Waals surface area contributed by atoms with Crippen molar-refractivity contribution in [2.75, 3.05) is 33.7 Å². The van der Waals surface area contributed by atoms with E-state index in [1.165, 1.54) is 30.5 Å². The van der Waals surface area contributed by atoms with Gasteiger partial charge < -0.3 is 14.8 Å². The summed E-state index contributed by atoms with van der Waals surface area (Å²) in [4.78, 5) is 13.2.